The lowest BCUT2D eigenvalue weighted by atomic mass is 10.0. The maximum Gasteiger partial charge on any atom is 0.307 e. The lowest BCUT2D eigenvalue weighted by Crippen LogP contribution is -2.42. The zero-order valence-electron chi connectivity index (χ0n) is 12.1. The Morgan fingerprint density at radius 3 is 2.61 bits per heavy atom. The lowest BCUT2D eigenvalue weighted by Gasteiger charge is -2.29. The molecule has 0 aliphatic carbocycles. The second-order valence-electron chi connectivity index (χ2n) is 5.29. The van der Waals surface area contributed by atoms with Crippen molar-refractivity contribution in [3.63, 3.8) is 0 Å². The Hall–Kier alpha value is -2.33. The number of nitrogens with zero attached hydrogens (tertiary/aromatic N) is 5. The van der Waals surface area contributed by atoms with Crippen molar-refractivity contribution in [2.75, 3.05) is 13.1 Å². The zero-order valence-corrected chi connectivity index (χ0v) is 12.9. The van der Waals surface area contributed by atoms with Crippen LogP contribution < -0.4 is 0 Å². The van der Waals surface area contributed by atoms with Gasteiger partial charge >= 0.3 is 5.97 Å². The van der Waals surface area contributed by atoms with Crippen molar-refractivity contribution < 1.29 is 18.3 Å². The molecule has 2 aromatic rings. The molecule has 0 bridgehead atoms. The maximum atomic E-state index is 12.6. The highest BCUT2D eigenvalue weighted by molar-refractivity contribution is 7.89. The van der Waals surface area contributed by atoms with Crippen molar-refractivity contribution in [1.29, 1.82) is 0 Å². The van der Waals surface area contributed by atoms with E-state index in [2.05, 4.69) is 15.5 Å². The SMILES string of the molecule is O=C(O)C1CCCN(S(=O)(=O)c2ccc(-n3cnnn3)cc2)C1. The molecule has 1 N–H and O–H groups in total. The summed E-state index contributed by atoms with van der Waals surface area (Å²) in [6, 6.07) is 6.14. The molecular formula is C13H15N5O4S. The van der Waals surface area contributed by atoms with E-state index in [9.17, 15) is 13.2 Å². The van der Waals surface area contributed by atoms with E-state index in [1.165, 1.54) is 27.4 Å². The third-order valence-corrected chi connectivity index (χ3v) is 5.70. The van der Waals surface area contributed by atoms with Gasteiger partial charge in [-0.1, -0.05) is 0 Å². The van der Waals surface area contributed by atoms with Crippen molar-refractivity contribution in [2.45, 2.75) is 17.7 Å². The minimum atomic E-state index is -3.70. The molecule has 0 radical (unpaired) electrons. The molecule has 1 unspecified atom stereocenters. The van der Waals surface area contributed by atoms with Crippen LogP contribution in [0.15, 0.2) is 35.5 Å². The highest BCUT2D eigenvalue weighted by atomic mass is 32.2. The molecule has 1 aliphatic heterocycles. The molecule has 3 rings (SSSR count). The van der Waals surface area contributed by atoms with E-state index >= 15 is 0 Å². The van der Waals surface area contributed by atoms with Gasteiger partial charge in [0.25, 0.3) is 0 Å². The molecule has 1 fully saturated rings. The first-order chi connectivity index (χ1) is 11.0. The van der Waals surface area contributed by atoms with Crippen LogP contribution in [0.3, 0.4) is 0 Å². The summed E-state index contributed by atoms with van der Waals surface area (Å²) < 4.78 is 27.9. The number of benzene rings is 1. The van der Waals surface area contributed by atoms with Crippen LogP contribution >= 0.6 is 0 Å². The molecule has 122 valence electrons. The molecule has 2 heterocycles. The molecule has 9 nitrogen and oxygen atoms in total. The molecule has 1 aromatic carbocycles. The molecule has 0 saturated carbocycles. The molecule has 1 saturated heterocycles. The van der Waals surface area contributed by atoms with Crippen LogP contribution in [-0.4, -0.2) is 57.1 Å². The van der Waals surface area contributed by atoms with Gasteiger partial charge in [-0.25, -0.2) is 13.1 Å². The van der Waals surface area contributed by atoms with E-state index in [0.29, 0.717) is 25.1 Å². The topological polar surface area (TPSA) is 118 Å². The molecular weight excluding hydrogens is 322 g/mol. The van der Waals surface area contributed by atoms with Gasteiger partial charge < -0.3 is 5.11 Å². The fourth-order valence-electron chi connectivity index (χ4n) is 2.56. The molecule has 0 amide bonds. The molecule has 23 heavy (non-hydrogen) atoms. The number of aliphatic carboxylic acids is 1. The van der Waals surface area contributed by atoms with Crippen LogP contribution in [0.4, 0.5) is 0 Å². The van der Waals surface area contributed by atoms with E-state index in [0.717, 1.165) is 0 Å². The highest BCUT2D eigenvalue weighted by Gasteiger charge is 2.33. The van der Waals surface area contributed by atoms with Gasteiger partial charge in [-0.3, -0.25) is 4.79 Å². The molecule has 10 heteroatoms. The summed E-state index contributed by atoms with van der Waals surface area (Å²) in [5.41, 5.74) is 0.635. The Labute approximate surface area is 132 Å². The number of aromatic nitrogens is 4. The van der Waals surface area contributed by atoms with Gasteiger partial charge in [0.05, 0.1) is 16.5 Å². The summed E-state index contributed by atoms with van der Waals surface area (Å²) in [7, 11) is -3.70. The van der Waals surface area contributed by atoms with Gasteiger partial charge in [0, 0.05) is 13.1 Å². The third-order valence-electron chi connectivity index (χ3n) is 3.82. The van der Waals surface area contributed by atoms with Gasteiger partial charge in [-0.2, -0.15) is 4.31 Å². The van der Waals surface area contributed by atoms with E-state index in [4.69, 9.17) is 5.11 Å². The van der Waals surface area contributed by atoms with Gasteiger partial charge in [0.2, 0.25) is 10.0 Å². The first-order valence-corrected chi connectivity index (χ1v) is 8.49. The Morgan fingerprint density at radius 2 is 2.00 bits per heavy atom. The Balaban J connectivity index is 1.83. The van der Waals surface area contributed by atoms with Crippen molar-refractivity contribution >= 4 is 16.0 Å². The number of hydrogen-bond donors (Lipinski definition) is 1. The minimum Gasteiger partial charge on any atom is -0.481 e. The number of sulfonamides is 1. The molecule has 0 spiro atoms. The quantitative estimate of drug-likeness (QED) is 0.843. The van der Waals surface area contributed by atoms with Gasteiger partial charge in [0.15, 0.2) is 0 Å². The minimum absolute atomic E-state index is 0.00636. The number of carboxylic acid groups (broad SMARTS) is 1. The Kier molecular flexibility index (Phi) is 4.09. The van der Waals surface area contributed by atoms with Crippen LogP contribution in [0.1, 0.15) is 12.8 Å². The summed E-state index contributed by atoms with van der Waals surface area (Å²) in [4.78, 5) is 11.2. The number of rotatable bonds is 4. The van der Waals surface area contributed by atoms with E-state index in [-0.39, 0.29) is 11.4 Å². The lowest BCUT2D eigenvalue weighted by molar-refractivity contribution is -0.142. The average Bonchev–Trinajstić information content (AvgIpc) is 3.09. The largest absolute Gasteiger partial charge is 0.481 e. The van der Waals surface area contributed by atoms with Crippen LogP contribution in [0.2, 0.25) is 0 Å². The number of carbonyl (C=O) groups is 1. The third kappa shape index (κ3) is 3.08. The predicted octanol–water partition coefficient (Wildman–Crippen LogP) is 0.148. The van der Waals surface area contributed by atoms with Gasteiger partial charge in [-0.05, 0) is 47.5 Å². The fraction of sp³-hybridized carbons (Fsp3) is 0.385. The van der Waals surface area contributed by atoms with Crippen molar-refractivity contribution in [2.24, 2.45) is 5.92 Å². The molecule has 1 aliphatic rings. The summed E-state index contributed by atoms with van der Waals surface area (Å²) >= 11 is 0. The van der Waals surface area contributed by atoms with Crippen LogP contribution in [0.25, 0.3) is 5.69 Å². The van der Waals surface area contributed by atoms with E-state index < -0.39 is 21.9 Å². The number of piperidine rings is 1. The fourth-order valence-corrected chi connectivity index (χ4v) is 4.09. The Morgan fingerprint density at radius 1 is 1.26 bits per heavy atom. The normalized spacial score (nSPS) is 19.6. The van der Waals surface area contributed by atoms with Crippen molar-refractivity contribution in [3.05, 3.63) is 30.6 Å². The monoisotopic (exact) mass is 337 g/mol. The van der Waals surface area contributed by atoms with Gasteiger partial charge in [-0.15, -0.1) is 5.10 Å². The summed E-state index contributed by atoms with van der Waals surface area (Å²) in [6.45, 7) is 0.341. The van der Waals surface area contributed by atoms with Crippen molar-refractivity contribution in [3.8, 4) is 5.69 Å². The second kappa shape index (κ2) is 6.05. The first-order valence-electron chi connectivity index (χ1n) is 7.05. The molecule has 1 atom stereocenters. The van der Waals surface area contributed by atoms with Gasteiger partial charge in [0.1, 0.15) is 6.33 Å². The average molecular weight is 337 g/mol. The summed E-state index contributed by atoms with van der Waals surface area (Å²) in [6.07, 6.45) is 2.45. The smallest absolute Gasteiger partial charge is 0.307 e. The van der Waals surface area contributed by atoms with E-state index in [1.807, 2.05) is 0 Å². The zero-order chi connectivity index (χ0) is 16.4. The molecule has 1 aromatic heterocycles. The van der Waals surface area contributed by atoms with E-state index in [1.54, 1.807) is 12.1 Å². The predicted molar refractivity (Wildman–Crippen MR) is 78.3 cm³/mol. The summed E-state index contributed by atoms with van der Waals surface area (Å²) in [5.74, 6) is -1.61. The van der Waals surface area contributed by atoms with Crippen LogP contribution in [0.5, 0.6) is 0 Å². The highest BCUT2D eigenvalue weighted by Crippen LogP contribution is 2.24. The van der Waals surface area contributed by atoms with Crippen LogP contribution in [0, 0.1) is 5.92 Å². The number of carboxylic acids is 1. The van der Waals surface area contributed by atoms with Crippen molar-refractivity contribution in [1.82, 2.24) is 24.5 Å². The number of hydrogen-bond acceptors (Lipinski definition) is 6. The maximum absolute atomic E-state index is 12.6. The Bertz CT molecular complexity index is 788. The summed E-state index contributed by atoms with van der Waals surface area (Å²) in [5, 5.41) is 19.9. The standard InChI is InChI=1S/C13H15N5O4S/c19-13(20)10-2-1-7-17(8-10)23(21,22)12-5-3-11(4-6-12)18-9-14-15-16-18/h3-6,9-10H,1-2,7-8H2,(H,19,20). The first kappa shape index (κ1) is 15.6. The van der Waals surface area contributed by atoms with Crippen LogP contribution in [-0.2, 0) is 14.8 Å². The second-order valence-corrected chi connectivity index (χ2v) is 7.23. The number of tetrazole rings is 1.